The van der Waals surface area contributed by atoms with E-state index in [1.807, 2.05) is 0 Å². The van der Waals surface area contributed by atoms with E-state index in [4.69, 9.17) is 10.2 Å². The van der Waals surface area contributed by atoms with Gasteiger partial charge in [0, 0.05) is 6.08 Å². The van der Waals surface area contributed by atoms with Crippen LogP contribution < -0.4 is 0 Å². The molecule has 1 aliphatic rings. The fourth-order valence-electron chi connectivity index (χ4n) is 0.809. The topological polar surface area (TPSA) is 118 Å². The first kappa shape index (κ1) is 9.90. The van der Waals surface area contributed by atoms with Crippen LogP contribution in [0.15, 0.2) is 11.8 Å². The molecule has 0 aromatic carbocycles. The second-order valence-electron chi connectivity index (χ2n) is 2.38. The molecule has 0 aromatic rings. The molecule has 1 heterocycles. The third kappa shape index (κ3) is 1.60. The van der Waals surface area contributed by atoms with E-state index in [-0.39, 0.29) is 0 Å². The first-order chi connectivity index (χ1) is 6.43. The highest BCUT2D eigenvalue weighted by Crippen LogP contribution is 2.12. The van der Waals surface area contributed by atoms with Gasteiger partial charge in [0.25, 0.3) is 11.9 Å². The minimum absolute atomic E-state index is 0.449. The average molecular weight is 200 g/mol. The monoisotopic (exact) mass is 200 g/mol. The van der Waals surface area contributed by atoms with Gasteiger partial charge >= 0.3 is 11.9 Å². The molecule has 0 spiro atoms. The summed E-state index contributed by atoms with van der Waals surface area (Å²) in [4.78, 5) is 42.3. The summed E-state index contributed by atoms with van der Waals surface area (Å²) >= 11 is 0. The van der Waals surface area contributed by atoms with Gasteiger partial charge in [-0.1, -0.05) is 0 Å². The van der Waals surface area contributed by atoms with Crippen molar-refractivity contribution in [2.24, 2.45) is 0 Å². The van der Waals surface area contributed by atoms with Gasteiger partial charge in [0.1, 0.15) is 0 Å². The zero-order chi connectivity index (χ0) is 10.9. The molecular weight excluding hydrogens is 196 g/mol. The van der Waals surface area contributed by atoms with Crippen molar-refractivity contribution >= 4 is 23.5 Å². The molecule has 1 atom stereocenters. The van der Waals surface area contributed by atoms with E-state index in [0.717, 1.165) is 0 Å². The quantitative estimate of drug-likeness (QED) is 0.414. The molecule has 0 saturated carbocycles. The Kier molecular flexibility index (Phi) is 2.32. The first-order valence-corrected chi connectivity index (χ1v) is 3.36. The zero-order valence-corrected chi connectivity index (χ0v) is 6.59. The Morgan fingerprint density at radius 3 is 2.29 bits per heavy atom. The fraction of sp³-hybridized carbons (Fsp3) is 0.143. The highest BCUT2D eigenvalue weighted by molar-refractivity contribution is 6.47. The van der Waals surface area contributed by atoms with Crippen LogP contribution in [0.3, 0.4) is 0 Å². The third-order valence-corrected chi connectivity index (χ3v) is 1.42. The van der Waals surface area contributed by atoms with Gasteiger partial charge in [-0.3, -0.25) is 9.59 Å². The lowest BCUT2D eigenvalue weighted by atomic mass is 10.1. The predicted molar refractivity (Wildman–Crippen MR) is 38.2 cm³/mol. The van der Waals surface area contributed by atoms with Crippen LogP contribution in [0, 0.1) is 0 Å². The smallest absolute Gasteiger partial charge is 0.371 e. The van der Waals surface area contributed by atoms with Gasteiger partial charge in [0.15, 0.2) is 0 Å². The molecule has 0 amide bonds. The maximum absolute atomic E-state index is 10.8. The predicted octanol–water partition coefficient (Wildman–Crippen LogP) is -1.42. The van der Waals surface area contributed by atoms with Crippen LogP contribution in [0.25, 0.3) is 0 Å². The van der Waals surface area contributed by atoms with Crippen molar-refractivity contribution in [2.45, 2.75) is 6.10 Å². The number of carboxylic acids is 2. The van der Waals surface area contributed by atoms with Crippen molar-refractivity contribution in [1.82, 2.24) is 0 Å². The number of allylic oxidation sites excluding steroid dienone is 1. The van der Waals surface area contributed by atoms with E-state index in [1.54, 1.807) is 0 Å². The Morgan fingerprint density at radius 1 is 1.29 bits per heavy atom. The van der Waals surface area contributed by atoms with Gasteiger partial charge < -0.3 is 14.9 Å². The van der Waals surface area contributed by atoms with E-state index in [0.29, 0.717) is 6.08 Å². The Bertz CT molecular complexity index is 364. The van der Waals surface area contributed by atoms with E-state index >= 15 is 0 Å². The molecule has 7 nitrogen and oxygen atoms in total. The van der Waals surface area contributed by atoms with Gasteiger partial charge in [-0.15, -0.1) is 0 Å². The summed E-state index contributed by atoms with van der Waals surface area (Å²) in [6.07, 6.45) is -1.61. The second-order valence-corrected chi connectivity index (χ2v) is 2.38. The summed E-state index contributed by atoms with van der Waals surface area (Å²) in [5.41, 5.74) is 0. The number of carboxylic acid groups (broad SMARTS) is 2. The lowest BCUT2D eigenvalue weighted by molar-refractivity contribution is -0.159. The summed E-state index contributed by atoms with van der Waals surface area (Å²) in [5.74, 6) is -6.63. The lowest BCUT2D eigenvalue weighted by Gasteiger charge is -2.16. The molecule has 0 bridgehead atoms. The van der Waals surface area contributed by atoms with Crippen LogP contribution in [0.5, 0.6) is 0 Å². The van der Waals surface area contributed by atoms with E-state index < -0.39 is 35.4 Å². The van der Waals surface area contributed by atoms with Crippen molar-refractivity contribution < 1.29 is 34.1 Å². The van der Waals surface area contributed by atoms with Crippen molar-refractivity contribution in [3.63, 3.8) is 0 Å². The molecule has 0 saturated heterocycles. The maximum atomic E-state index is 10.8. The molecule has 74 valence electrons. The molecule has 1 aliphatic heterocycles. The Labute approximate surface area is 76.6 Å². The summed E-state index contributed by atoms with van der Waals surface area (Å²) in [6.45, 7) is 0. The molecule has 7 heteroatoms. The Hall–Kier alpha value is -2.18. The largest absolute Gasteiger partial charge is 0.478 e. The summed E-state index contributed by atoms with van der Waals surface area (Å²) in [6, 6.07) is 0. The van der Waals surface area contributed by atoms with Gasteiger partial charge in [0.2, 0.25) is 11.5 Å². The molecule has 0 unspecified atom stereocenters. The number of carbonyl (C=O) groups excluding carboxylic acids is 2. The van der Waals surface area contributed by atoms with Crippen molar-refractivity contribution in [3.8, 4) is 0 Å². The molecular formula is C7H4O7. The standard InChI is InChI=1S/C7H4O7/c8-2-1-3(6(10)11)14-5(4(2)9)7(12)13/h1,5H,(H,10,11)(H,12,13)/t5-/m0/s1. The number of hydrogen-bond acceptors (Lipinski definition) is 5. The minimum atomic E-state index is -2.06. The van der Waals surface area contributed by atoms with E-state index in [1.165, 1.54) is 0 Å². The Morgan fingerprint density at radius 2 is 1.86 bits per heavy atom. The highest BCUT2D eigenvalue weighted by Gasteiger charge is 2.38. The number of aliphatic carboxylic acids is 2. The van der Waals surface area contributed by atoms with Crippen LogP contribution >= 0.6 is 0 Å². The number of rotatable bonds is 2. The third-order valence-electron chi connectivity index (χ3n) is 1.42. The molecule has 2 N–H and O–H groups in total. The fourth-order valence-corrected chi connectivity index (χ4v) is 0.809. The van der Waals surface area contributed by atoms with Crippen LogP contribution in [0.1, 0.15) is 0 Å². The minimum Gasteiger partial charge on any atom is -0.478 e. The van der Waals surface area contributed by atoms with Gasteiger partial charge in [-0.25, -0.2) is 9.59 Å². The molecule has 0 radical (unpaired) electrons. The van der Waals surface area contributed by atoms with Crippen molar-refractivity contribution in [3.05, 3.63) is 11.8 Å². The van der Waals surface area contributed by atoms with Crippen LogP contribution in [0.2, 0.25) is 0 Å². The number of carbonyl (C=O) groups is 4. The van der Waals surface area contributed by atoms with E-state index in [2.05, 4.69) is 4.74 Å². The molecule has 0 aromatic heterocycles. The van der Waals surface area contributed by atoms with Crippen molar-refractivity contribution in [2.75, 3.05) is 0 Å². The van der Waals surface area contributed by atoms with E-state index in [9.17, 15) is 19.2 Å². The highest BCUT2D eigenvalue weighted by atomic mass is 16.5. The normalized spacial score (nSPS) is 21.1. The Balaban J connectivity index is 3.05. The van der Waals surface area contributed by atoms with Crippen LogP contribution in [-0.4, -0.2) is 39.8 Å². The number of ether oxygens (including phenoxy) is 1. The second kappa shape index (κ2) is 3.29. The molecule has 0 fully saturated rings. The van der Waals surface area contributed by atoms with Gasteiger partial charge in [-0.05, 0) is 0 Å². The average Bonchev–Trinajstić information content (AvgIpc) is 2.08. The number of Topliss-reactive ketones (excluding diaryl/α,β-unsaturated/α-hetero) is 1. The molecule has 14 heavy (non-hydrogen) atoms. The van der Waals surface area contributed by atoms with Crippen LogP contribution in [-0.2, 0) is 23.9 Å². The SMILES string of the molecule is O=C(O)C1=CC(=O)C(=O)[C@@H](C(=O)O)O1. The maximum Gasteiger partial charge on any atom is 0.371 e. The molecule has 0 aliphatic carbocycles. The van der Waals surface area contributed by atoms with Crippen molar-refractivity contribution in [1.29, 1.82) is 0 Å². The summed E-state index contributed by atoms with van der Waals surface area (Å²) < 4.78 is 4.28. The first-order valence-electron chi connectivity index (χ1n) is 3.36. The van der Waals surface area contributed by atoms with Crippen LogP contribution in [0.4, 0.5) is 0 Å². The lowest BCUT2D eigenvalue weighted by Crippen LogP contribution is -2.41. The van der Waals surface area contributed by atoms with Gasteiger partial charge in [0.05, 0.1) is 0 Å². The zero-order valence-electron chi connectivity index (χ0n) is 6.59. The number of hydrogen-bond donors (Lipinski definition) is 2. The summed E-state index contributed by atoms with van der Waals surface area (Å²) in [7, 11) is 0. The van der Waals surface area contributed by atoms with Gasteiger partial charge in [-0.2, -0.15) is 0 Å². The summed E-state index contributed by atoms with van der Waals surface area (Å²) in [5, 5.41) is 16.8. The molecule has 1 rings (SSSR count). The number of ketones is 2.